The Kier molecular flexibility index (Phi) is 6.67. The van der Waals surface area contributed by atoms with Crippen molar-refractivity contribution in [2.75, 3.05) is 19.1 Å². The van der Waals surface area contributed by atoms with Gasteiger partial charge in [0.2, 0.25) is 0 Å². The van der Waals surface area contributed by atoms with E-state index >= 15 is 0 Å². The highest BCUT2D eigenvalue weighted by Crippen LogP contribution is 2.45. The number of rotatable bonds is 6. The highest BCUT2D eigenvalue weighted by atomic mass is 35.5. The average molecular weight is 509 g/mol. The number of hydrogen-bond acceptors (Lipinski definition) is 7. The van der Waals surface area contributed by atoms with Gasteiger partial charge >= 0.3 is 0 Å². The molecule has 0 aromatic heterocycles. The molecular weight excluding hydrogens is 488 g/mol. The monoisotopic (exact) mass is 508 g/mol. The molecule has 3 aromatic rings. The highest BCUT2D eigenvalue weighted by Gasteiger charge is 2.47. The molecule has 1 heterocycles. The fourth-order valence-corrected chi connectivity index (χ4v) is 4.34. The minimum atomic E-state index is -1.04. The largest absolute Gasteiger partial charge is 0.507 e. The number of nitrogens with zero attached hydrogens (tertiary/aromatic N) is 2. The molecule has 10 heteroatoms. The fourth-order valence-electron chi connectivity index (χ4n) is 4.17. The predicted molar refractivity (Wildman–Crippen MR) is 134 cm³/mol. The second-order valence-corrected chi connectivity index (χ2v) is 8.38. The Hall–Kier alpha value is -4.37. The van der Waals surface area contributed by atoms with Crippen LogP contribution in [0.15, 0.2) is 66.2 Å². The third kappa shape index (κ3) is 4.14. The number of aliphatic hydroxyl groups excluding tert-OH is 1. The van der Waals surface area contributed by atoms with Crippen LogP contribution in [0.2, 0.25) is 5.02 Å². The summed E-state index contributed by atoms with van der Waals surface area (Å²) in [6.07, 6.45) is 0. The predicted octanol–water partition coefficient (Wildman–Crippen LogP) is 5.20. The van der Waals surface area contributed by atoms with Crippen molar-refractivity contribution in [2.45, 2.75) is 13.0 Å². The molecule has 1 unspecified atom stereocenters. The summed E-state index contributed by atoms with van der Waals surface area (Å²) in [4.78, 5) is 38.4. The summed E-state index contributed by atoms with van der Waals surface area (Å²) >= 11 is 6.32. The first-order chi connectivity index (χ1) is 17.2. The normalized spacial score (nSPS) is 16.8. The second kappa shape index (κ2) is 9.71. The first-order valence-electron chi connectivity index (χ1n) is 10.7. The number of nitro benzene ring substituents is 1. The Morgan fingerprint density at radius 1 is 1.03 bits per heavy atom. The van der Waals surface area contributed by atoms with Gasteiger partial charge in [0.1, 0.15) is 5.76 Å². The van der Waals surface area contributed by atoms with Crippen LogP contribution < -0.4 is 14.4 Å². The van der Waals surface area contributed by atoms with E-state index in [9.17, 15) is 24.8 Å². The number of anilines is 1. The summed E-state index contributed by atoms with van der Waals surface area (Å²) in [6, 6.07) is 13.9. The lowest BCUT2D eigenvalue weighted by Crippen LogP contribution is -2.30. The minimum absolute atomic E-state index is 0.145. The molecule has 0 saturated carbocycles. The van der Waals surface area contributed by atoms with Crippen LogP contribution in [0.3, 0.4) is 0 Å². The van der Waals surface area contributed by atoms with Crippen molar-refractivity contribution in [3.8, 4) is 11.5 Å². The van der Waals surface area contributed by atoms with Crippen LogP contribution in [-0.2, 0) is 9.59 Å². The summed E-state index contributed by atoms with van der Waals surface area (Å²) in [5.74, 6) is -1.44. The van der Waals surface area contributed by atoms with Crippen molar-refractivity contribution in [1.82, 2.24) is 0 Å². The highest BCUT2D eigenvalue weighted by molar-refractivity contribution is 6.52. The Morgan fingerprint density at radius 3 is 2.31 bits per heavy atom. The van der Waals surface area contributed by atoms with Gasteiger partial charge in [-0.25, -0.2) is 0 Å². The van der Waals surface area contributed by atoms with Crippen molar-refractivity contribution in [3.63, 3.8) is 0 Å². The van der Waals surface area contributed by atoms with Gasteiger partial charge in [0, 0.05) is 28.4 Å². The molecule has 36 heavy (non-hydrogen) atoms. The molecule has 0 radical (unpaired) electrons. The lowest BCUT2D eigenvalue weighted by Gasteiger charge is -2.27. The van der Waals surface area contributed by atoms with Crippen molar-refractivity contribution in [1.29, 1.82) is 0 Å². The molecule has 3 aromatic carbocycles. The molecule has 184 valence electrons. The number of non-ortho nitro benzene ring substituents is 1. The van der Waals surface area contributed by atoms with Crippen LogP contribution >= 0.6 is 11.6 Å². The minimum Gasteiger partial charge on any atom is -0.507 e. The summed E-state index contributed by atoms with van der Waals surface area (Å²) in [5.41, 5.74) is 1.22. The third-order valence-corrected chi connectivity index (χ3v) is 6.43. The lowest BCUT2D eigenvalue weighted by molar-refractivity contribution is -0.384. The van der Waals surface area contributed by atoms with E-state index in [0.29, 0.717) is 33.3 Å². The number of aliphatic hydroxyl groups is 1. The maximum Gasteiger partial charge on any atom is 0.300 e. The van der Waals surface area contributed by atoms with Crippen molar-refractivity contribution >= 4 is 40.4 Å². The Bertz CT molecular complexity index is 1420. The molecule has 0 bridgehead atoms. The number of ether oxygens (including phenoxy) is 2. The molecule has 0 spiro atoms. The van der Waals surface area contributed by atoms with Crippen LogP contribution in [0.1, 0.15) is 22.7 Å². The number of carbonyl (C=O) groups is 2. The first kappa shape index (κ1) is 24.7. The Morgan fingerprint density at radius 2 is 1.69 bits per heavy atom. The molecule has 1 amide bonds. The zero-order chi connectivity index (χ0) is 26.1. The number of methoxy groups -OCH3 is 2. The van der Waals surface area contributed by atoms with Gasteiger partial charge in [0.15, 0.2) is 11.5 Å². The number of amides is 1. The summed E-state index contributed by atoms with van der Waals surface area (Å²) in [6.45, 7) is 1.72. The van der Waals surface area contributed by atoms with E-state index in [-0.39, 0.29) is 16.8 Å². The first-order valence-corrected chi connectivity index (χ1v) is 11.1. The number of carbonyl (C=O) groups excluding carboxylic acids is 2. The van der Waals surface area contributed by atoms with Gasteiger partial charge in [0.25, 0.3) is 17.4 Å². The van der Waals surface area contributed by atoms with Crippen molar-refractivity contribution in [3.05, 3.63) is 98.1 Å². The van der Waals surface area contributed by atoms with E-state index in [2.05, 4.69) is 0 Å². The van der Waals surface area contributed by atoms with E-state index in [0.717, 1.165) is 0 Å². The maximum absolute atomic E-state index is 13.4. The van der Waals surface area contributed by atoms with Gasteiger partial charge in [0.05, 0.1) is 30.8 Å². The molecule has 0 aliphatic carbocycles. The molecule has 1 fully saturated rings. The topological polar surface area (TPSA) is 119 Å². The maximum atomic E-state index is 13.4. The lowest BCUT2D eigenvalue weighted by atomic mass is 9.94. The summed E-state index contributed by atoms with van der Waals surface area (Å²) in [7, 11) is 2.93. The van der Waals surface area contributed by atoms with Gasteiger partial charge in [-0.3, -0.25) is 24.6 Å². The van der Waals surface area contributed by atoms with Gasteiger partial charge < -0.3 is 14.6 Å². The van der Waals surface area contributed by atoms with Gasteiger partial charge in [-0.2, -0.15) is 0 Å². The van der Waals surface area contributed by atoms with Gasteiger partial charge in [-0.15, -0.1) is 0 Å². The zero-order valence-corrected chi connectivity index (χ0v) is 20.3. The fraction of sp³-hybridized carbons (Fsp3) is 0.154. The molecular formula is C26H21ClN2O7. The standard InChI is InChI=1S/C26H21ClN2O7/c1-14-18(27)5-4-6-19(14)28-23(16-9-12-20(35-2)21(13-16)36-3)22(25(31)26(28)32)24(30)15-7-10-17(11-8-15)29(33)34/h4-13,23,30H,1-3H3/b24-22+. The molecule has 1 aliphatic heterocycles. The average Bonchev–Trinajstić information content (AvgIpc) is 3.14. The molecule has 1 atom stereocenters. The zero-order valence-electron chi connectivity index (χ0n) is 19.5. The number of hydrogen-bond donors (Lipinski definition) is 1. The SMILES string of the molecule is COc1ccc(C2/C(=C(\O)c3ccc([N+](=O)[O-])cc3)C(=O)C(=O)N2c2cccc(Cl)c2C)cc1OC. The van der Waals surface area contributed by atoms with E-state index in [1.54, 1.807) is 43.3 Å². The number of nitro groups is 1. The molecule has 1 N–H and O–H groups in total. The quantitative estimate of drug-likeness (QED) is 0.160. The smallest absolute Gasteiger partial charge is 0.300 e. The second-order valence-electron chi connectivity index (χ2n) is 7.97. The van der Waals surface area contributed by atoms with Gasteiger partial charge in [-0.1, -0.05) is 23.7 Å². The van der Waals surface area contributed by atoms with Gasteiger partial charge in [-0.05, 0) is 54.4 Å². The number of Topliss-reactive ketones (excluding diaryl/α,β-unsaturated/α-hetero) is 1. The van der Waals surface area contributed by atoms with E-state index in [1.807, 2.05) is 0 Å². The number of benzene rings is 3. The third-order valence-electron chi connectivity index (χ3n) is 6.02. The van der Waals surface area contributed by atoms with Crippen molar-refractivity contribution < 1.29 is 29.1 Å². The van der Waals surface area contributed by atoms with Crippen LogP contribution in [0.25, 0.3) is 5.76 Å². The number of ketones is 1. The van der Waals surface area contributed by atoms with Crippen LogP contribution in [0, 0.1) is 17.0 Å². The van der Waals surface area contributed by atoms with Crippen molar-refractivity contribution in [2.24, 2.45) is 0 Å². The Balaban J connectivity index is 1.98. The summed E-state index contributed by atoms with van der Waals surface area (Å²) in [5, 5.41) is 22.6. The molecule has 1 aliphatic rings. The number of halogens is 1. The van der Waals surface area contributed by atoms with Crippen LogP contribution in [0.5, 0.6) is 11.5 Å². The Labute approximate surface area is 211 Å². The molecule has 9 nitrogen and oxygen atoms in total. The van der Waals surface area contributed by atoms with E-state index < -0.39 is 28.4 Å². The molecule has 4 rings (SSSR count). The summed E-state index contributed by atoms with van der Waals surface area (Å²) < 4.78 is 10.7. The van der Waals surface area contributed by atoms with E-state index in [1.165, 1.54) is 43.4 Å². The van der Waals surface area contributed by atoms with E-state index in [4.69, 9.17) is 21.1 Å². The van der Waals surface area contributed by atoms with Crippen LogP contribution in [-0.4, -0.2) is 35.9 Å². The van der Waals surface area contributed by atoms with Crippen LogP contribution in [0.4, 0.5) is 11.4 Å². The molecule has 1 saturated heterocycles.